The standard InChI is InChI=1S/C25H27N5O4/c31-29(32)23-11-7-21(8-12-23)25(22-9-13-24(14-10-22)30(33)34)6-2-4-16-26-15-3-1-5-20-17-27-19-28-18-20/h6-14,17-19,26H,1-5,15-16H2. The van der Waals surface area contributed by atoms with Crippen LogP contribution in [-0.2, 0) is 6.42 Å². The number of unbranched alkanes of at least 4 members (excludes halogenated alkanes) is 2. The summed E-state index contributed by atoms with van der Waals surface area (Å²) in [6.45, 7) is 1.81. The van der Waals surface area contributed by atoms with E-state index in [9.17, 15) is 20.2 Å². The average Bonchev–Trinajstić information content (AvgIpc) is 2.86. The molecule has 1 heterocycles. The van der Waals surface area contributed by atoms with E-state index in [1.807, 2.05) is 12.4 Å². The summed E-state index contributed by atoms with van der Waals surface area (Å²) in [5.74, 6) is 0. The first-order valence-electron chi connectivity index (χ1n) is 11.2. The van der Waals surface area contributed by atoms with Crippen LogP contribution in [0.2, 0.25) is 0 Å². The van der Waals surface area contributed by atoms with Crippen molar-refractivity contribution in [2.75, 3.05) is 13.1 Å². The van der Waals surface area contributed by atoms with Crippen molar-refractivity contribution in [2.45, 2.75) is 32.1 Å². The molecular formula is C25H27N5O4. The van der Waals surface area contributed by atoms with Gasteiger partial charge in [-0.3, -0.25) is 20.2 Å². The summed E-state index contributed by atoms with van der Waals surface area (Å²) in [4.78, 5) is 29.1. The fraction of sp³-hybridized carbons (Fsp3) is 0.280. The second-order valence-electron chi connectivity index (χ2n) is 7.82. The van der Waals surface area contributed by atoms with Crippen LogP contribution in [0.4, 0.5) is 11.4 Å². The van der Waals surface area contributed by atoms with Crippen molar-refractivity contribution >= 4 is 16.9 Å². The lowest BCUT2D eigenvalue weighted by atomic mass is 9.96. The number of benzene rings is 2. The number of nitro groups is 2. The number of nitrogens with one attached hydrogen (secondary N) is 1. The van der Waals surface area contributed by atoms with Gasteiger partial charge in [-0.05, 0) is 91.7 Å². The van der Waals surface area contributed by atoms with Gasteiger partial charge in [0.25, 0.3) is 11.4 Å². The molecule has 0 saturated carbocycles. The van der Waals surface area contributed by atoms with Gasteiger partial charge in [-0.2, -0.15) is 0 Å². The maximum Gasteiger partial charge on any atom is 0.269 e. The zero-order valence-electron chi connectivity index (χ0n) is 18.8. The van der Waals surface area contributed by atoms with Gasteiger partial charge in [0, 0.05) is 36.7 Å². The lowest BCUT2D eigenvalue weighted by molar-refractivity contribution is -0.385. The predicted octanol–water partition coefficient (Wildman–Crippen LogP) is 5.12. The third-order valence-electron chi connectivity index (χ3n) is 5.37. The van der Waals surface area contributed by atoms with Crippen LogP contribution in [0.1, 0.15) is 42.4 Å². The first kappa shape index (κ1) is 24.7. The third kappa shape index (κ3) is 7.56. The van der Waals surface area contributed by atoms with Crippen LogP contribution in [0.3, 0.4) is 0 Å². The number of nitrogens with zero attached hydrogens (tertiary/aromatic N) is 4. The van der Waals surface area contributed by atoms with E-state index in [1.54, 1.807) is 24.3 Å². The summed E-state index contributed by atoms with van der Waals surface area (Å²) in [5, 5.41) is 25.4. The Morgan fingerprint density at radius 1 is 0.794 bits per heavy atom. The lowest BCUT2D eigenvalue weighted by Crippen LogP contribution is -2.16. The fourth-order valence-electron chi connectivity index (χ4n) is 3.56. The molecule has 0 radical (unpaired) electrons. The van der Waals surface area contributed by atoms with E-state index in [2.05, 4.69) is 21.4 Å². The summed E-state index contributed by atoms with van der Waals surface area (Å²) in [7, 11) is 0. The minimum Gasteiger partial charge on any atom is -0.317 e. The van der Waals surface area contributed by atoms with Gasteiger partial charge in [0.05, 0.1) is 9.85 Å². The molecule has 0 amide bonds. The molecule has 0 spiro atoms. The van der Waals surface area contributed by atoms with E-state index in [-0.39, 0.29) is 11.4 Å². The molecule has 0 aliphatic rings. The first-order chi connectivity index (χ1) is 16.5. The van der Waals surface area contributed by atoms with Crippen LogP contribution < -0.4 is 5.32 Å². The number of non-ortho nitro benzene ring substituents is 2. The molecule has 9 heteroatoms. The molecule has 2 aromatic carbocycles. The maximum absolute atomic E-state index is 11.0. The fourth-order valence-corrected chi connectivity index (χ4v) is 3.56. The molecule has 0 bridgehead atoms. The zero-order valence-corrected chi connectivity index (χ0v) is 18.8. The van der Waals surface area contributed by atoms with Gasteiger partial charge in [-0.15, -0.1) is 0 Å². The minimum atomic E-state index is -0.432. The molecule has 0 unspecified atom stereocenters. The SMILES string of the molecule is O=[N+]([O-])c1ccc(C(=CCCCNCCCCc2cncnc2)c2ccc([N+](=O)[O-])cc2)cc1. The number of hydrogen-bond donors (Lipinski definition) is 1. The third-order valence-corrected chi connectivity index (χ3v) is 5.37. The quantitative estimate of drug-likeness (QED) is 0.213. The Bertz CT molecular complexity index is 1040. The van der Waals surface area contributed by atoms with Crippen molar-refractivity contribution in [3.63, 3.8) is 0 Å². The van der Waals surface area contributed by atoms with E-state index in [4.69, 9.17) is 0 Å². The first-order valence-corrected chi connectivity index (χ1v) is 11.2. The van der Waals surface area contributed by atoms with E-state index in [0.717, 1.165) is 67.5 Å². The summed E-state index contributed by atoms with van der Waals surface area (Å²) >= 11 is 0. The second-order valence-corrected chi connectivity index (χ2v) is 7.82. The van der Waals surface area contributed by atoms with Crippen molar-refractivity contribution in [3.05, 3.63) is 110 Å². The van der Waals surface area contributed by atoms with Crippen molar-refractivity contribution in [1.29, 1.82) is 0 Å². The van der Waals surface area contributed by atoms with Crippen molar-refractivity contribution in [1.82, 2.24) is 15.3 Å². The van der Waals surface area contributed by atoms with Gasteiger partial charge in [-0.1, -0.05) is 6.08 Å². The highest BCUT2D eigenvalue weighted by atomic mass is 16.6. The molecule has 0 aliphatic carbocycles. The van der Waals surface area contributed by atoms with E-state index in [1.165, 1.54) is 30.6 Å². The molecule has 34 heavy (non-hydrogen) atoms. The van der Waals surface area contributed by atoms with Gasteiger partial charge in [0.1, 0.15) is 6.33 Å². The van der Waals surface area contributed by atoms with Gasteiger partial charge in [0.2, 0.25) is 0 Å². The molecule has 0 saturated heterocycles. The molecule has 1 N–H and O–H groups in total. The minimum absolute atomic E-state index is 0.0239. The lowest BCUT2D eigenvalue weighted by Gasteiger charge is -2.09. The number of rotatable bonds is 13. The molecule has 0 fully saturated rings. The molecular weight excluding hydrogens is 434 g/mol. The summed E-state index contributed by atoms with van der Waals surface area (Å²) in [6.07, 6.45) is 12.2. The van der Waals surface area contributed by atoms with Crippen LogP contribution in [0.25, 0.3) is 5.57 Å². The van der Waals surface area contributed by atoms with Crippen LogP contribution in [0.15, 0.2) is 73.3 Å². The average molecular weight is 462 g/mol. The summed E-state index contributed by atoms with van der Waals surface area (Å²) in [5.41, 5.74) is 3.76. The number of aryl methyl sites for hydroxylation is 1. The van der Waals surface area contributed by atoms with E-state index in [0.29, 0.717) is 0 Å². The second kappa shape index (κ2) is 12.9. The Kier molecular flexibility index (Phi) is 9.36. The van der Waals surface area contributed by atoms with Crippen molar-refractivity contribution in [2.24, 2.45) is 0 Å². The molecule has 9 nitrogen and oxygen atoms in total. The van der Waals surface area contributed by atoms with Gasteiger partial charge in [-0.25, -0.2) is 9.97 Å². The van der Waals surface area contributed by atoms with E-state index >= 15 is 0 Å². The highest BCUT2D eigenvalue weighted by molar-refractivity contribution is 5.80. The van der Waals surface area contributed by atoms with Gasteiger partial charge < -0.3 is 5.32 Å². The Balaban J connectivity index is 1.53. The summed E-state index contributed by atoms with van der Waals surface area (Å²) < 4.78 is 0. The molecule has 0 atom stereocenters. The molecule has 0 aliphatic heterocycles. The van der Waals surface area contributed by atoms with Crippen LogP contribution in [-0.4, -0.2) is 32.9 Å². The number of allylic oxidation sites excluding steroid dienone is 1. The van der Waals surface area contributed by atoms with E-state index < -0.39 is 9.85 Å². The van der Waals surface area contributed by atoms with Crippen molar-refractivity contribution in [3.8, 4) is 0 Å². The van der Waals surface area contributed by atoms with Crippen LogP contribution in [0.5, 0.6) is 0 Å². The summed E-state index contributed by atoms with van der Waals surface area (Å²) in [6, 6.07) is 12.7. The monoisotopic (exact) mass is 461 g/mol. The van der Waals surface area contributed by atoms with Crippen LogP contribution >= 0.6 is 0 Å². The smallest absolute Gasteiger partial charge is 0.269 e. The molecule has 3 rings (SSSR count). The number of aromatic nitrogens is 2. The molecule has 176 valence electrons. The van der Waals surface area contributed by atoms with Gasteiger partial charge >= 0.3 is 0 Å². The Morgan fingerprint density at radius 3 is 1.85 bits per heavy atom. The molecule has 3 aromatic rings. The number of nitro benzene ring substituents is 2. The van der Waals surface area contributed by atoms with Crippen LogP contribution in [0, 0.1) is 20.2 Å². The Morgan fingerprint density at radius 2 is 1.32 bits per heavy atom. The normalized spacial score (nSPS) is 10.6. The highest BCUT2D eigenvalue weighted by Gasteiger charge is 2.11. The van der Waals surface area contributed by atoms with Gasteiger partial charge in [0.15, 0.2) is 0 Å². The Labute approximate surface area is 197 Å². The predicted molar refractivity (Wildman–Crippen MR) is 130 cm³/mol. The van der Waals surface area contributed by atoms with Crippen molar-refractivity contribution < 1.29 is 9.85 Å². The maximum atomic E-state index is 11.0. The highest BCUT2D eigenvalue weighted by Crippen LogP contribution is 2.27. The zero-order chi connectivity index (χ0) is 24.2. The Hall–Kier alpha value is -3.98. The largest absolute Gasteiger partial charge is 0.317 e. The topological polar surface area (TPSA) is 124 Å². The molecule has 1 aromatic heterocycles. The number of hydrogen-bond acceptors (Lipinski definition) is 7.